The lowest BCUT2D eigenvalue weighted by Crippen LogP contribution is -2.18. The molecule has 4 N–H and O–H groups in total. The monoisotopic (exact) mass is 605 g/mol. The minimum absolute atomic E-state index is 0.0143. The molecule has 0 aliphatic heterocycles. The minimum atomic E-state index is -1.42. The molecular formula is C23H14BrCl3F3N3O2. The second-order valence-corrected chi connectivity index (χ2v) is 10.5. The highest BCUT2D eigenvalue weighted by molar-refractivity contribution is 9.10. The fourth-order valence-corrected chi connectivity index (χ4v) is 5.05. The molecule has 4 rings (SSSR count). The van der Waals surface area contributed by atoms with E-state index in [1.807, 2.05) is 0 Å². The quantitative estimate of drug-likeness (QED) is 0.218. The Balaban J connectivity index is 1.52. The summed E-state index contributed by atoms with van der Waals surface area (Å²) in [6, 6.07) is 10.2. The Morgan fingerprint density at radius 1 is 0.971 bits per heavy atom. The summed E-state index contributed by atoms with van der Waals surface area (Å²) < 4.78 is 39.9. The van der Waals surface area contributed by atoms with E-state index in [1.165, 1.54) is 36.4 Å². The predicted octanol–water partition coefficient (Wildman–Crippen LogP) is 6.88. The van der Waals surface area contributed by atoms with Crippen LogP contribution >= 0.6 is 50.7 Å². The number of amides is 2. The van der Waals surface area contributed by atoms with Gasteiger partial charge in [-0.1, -0.05) is 17.7 Å². The van der Waals surface area contributed by atoms with E-state index in [4.69, 9.17) is 40.5 Å². The van der Waals surface area contributed by atoms with E-state index in [-0.39, 0.29) is 26.4 Å². The van der Waals surface area contributed by atoms with Gasteiger partial charge < -0.3 is 16.4 Å². The second-order valence-electron chi connectivity index (χ2n) is 7.76. The maximum absolute atomic E-state index is 14.2. The molecule has 0 spiro atoms. The lowest BCUT2D eigenvalue weighted by atomic mass is 10.1. The van der Waals surface area contributed by atoms with Crippen molar-refractivity contribution in [2.75, 3.05) is 16.4 Å². The van der Waals surface area contributed by atoms with E-state index in [0.717, 1.165) is 12.1 Å². The van der Waals surface area contributed by atoms with Gasteiger partial charge in [-0.3, -0.25) is 9.59 Å². The van der Waals surface area contributed by atoms with Crippen molar-refractivity contribution in [1.29, 1.82) is 0 Å². The fourth-order valence-electron chi connectivity index (χ4n) is 3.63. The number of alkyl halides is 2. The average Bonchev–Trinajstić information content (AvgIpc) is 3.39. The van der Waals surface area contributed by atoms with Gasteiger partial charge in [0, 0.05) is 11.6 Å². The highest BCUT2D eigenvalue weighted by Crippen LogP contribution is 2.65. The molecular weight excluding hydrogens is 594 g/mol. The van der Waals surface area contributed by atoms with Crippen molar-refractivity contribution in [3.05, 3.63) is 86.6 Å². The topological polar surface area (TPSA) is 84.2 Å². The van der Waals surface area contributed by atoms with E-state index in [2.05, 4.69) is 26.6 Å². The van der Waals surface area contributed by atoms with Gasteiger partial charge in [0.1, 0.15) is 21.7 Å². The second kappa shape index (κ2) is 9.54. The number of carbonyl (C=O) groups is 2. The Morgan fingerprint density at radius 2 is 1.66 bits per heavy atom. The van der Waals surface area contributed by atoms with Gasteiger partial charge in [0.15, 0.2) is 5.82 Å². The Bertz CT molecular complexity index is 1370. The molecule has 0 radical (unpaired) electrons. The lowest BCUT2D eigenvalue weighted by Gasteiger charge is -2.11. The van der Waals surface area contributed by atoms with Gasteiger partial charge in [-0.25, -0.2) is 13.2 Å². The number of halogens is 7. The van der Waals surface area contributed by atoms with Crippen molar-refractivity contribution in [2.45, 2.75) is 10.3 Å². The highest BCUT2D eigenvalue weighted by Gasteiger charge is 2.67. The number of rotatable bonds is 5. The van der Waals surface area contributed by atoms with Gasteiger partial charge in [0.2, 0.25) is 5.91 Å². The zero-order valence-corrected chi connectivity index (χ0v) is 21.2. The van der Waals surface area contributed by atoms with Crippen LogP contribution in [0.15, 0.2) is 53.0 Å². The van der Waals surface area contributed by atoms with Crippen molar-refractivity contribution in [2.24, 2.45) is 5.92 Å². The molecule has 1 aliphatic rings. The first kappa shape index (κ1) is 25.6. The van der Waals surface area contributed by atoms with Crippen molar-refractivity contribution in [3.63, 3.8) is 0 Å². The van der Waals surface area contributed by atoms with Gasteiger partial charge in [-0.2, -0.15) is 0 Å². The molecule has 0 heterocycles. The smallest absolute Gasteiger partial charge is 0.257 e. The van der Waals surface area contributed by atoms with E-state index >= 15 is 0 Å². The zero-order valence-electron chi connectivity index (χ0n) is 17.3. The lowest BCUT2D eigenvalue weighted by molar-refractivity contribution is -0.117. The summed E-state index contributed by atoms with van der Waals surface area (Å²) in [7, 11) is 0. The first-order chi connectivity index (χ1) is 16.4. The van der Waals surface area contributed by atoms with Crippen LogP contribution in [-0.2, 0) is 4.79 Å². The molecule has 5 nitrogen and oxygen atoms in total. The van der Waals surface area contributed by atoms with E-state index in [9.17, 15) is 22.8 Å². The number of anilines is 3. The number of benzene rings is 3. The Hall–Kier alpha value is -2.46. The number of nitrogen functional groups attached to an aromatic ring is 1. The van der Waals surface area contributed by atoms with Crippen molar-refractivity contribution >= 4 is 79.6 Å². The van der Waals surface area contributed by atoms with Crippen LogP contribution in [-0.4, -0.2) is 16.1 Å². The summed E-state index contributed by atoms with van der Waals surface area (Å²) in [5, 5.41) is 4.91. The molecule has 0 unspecified atom stereocenters. The largest absolute Gasteiger partial charge is 0.394 e. The van der Waals surface area contributed by atoms with Crippen molar-refractivity contribution in [1.82, 2.24) is 0 Å². The van der Waals surface area contributed by atoms with Crippen molar-refractivity contribution in [3.8, 4) is 0 Å². The van der Waals surface area contributed by atoms with Gasteiger partial charge in [0.25, 0.3) is 5.91 Å². The van der Waals surface area contributed by atoms with Gasteiger partial charge in [-0.05, 0) is 64.0 Å². The normalized spacial score (nSPS) is 18.1. The van der Waals surface area contributed by atoms with Crippen LogP contribution in [0.3, 0.4) is 0 Å². The molecule has 0 bridgehead atoms. The first-order valence-corrected chi connectivity index (χ1v) is 11.8. The Labute approximate surface area is 220 Å². The Kier molecular flexibility index (Phi) is 6.98. The van der Waals surface area contributed by atoms with Crippen LogP contribution in [0.5, 0.6) is 0 Å². The molecule has 35 heavy (non-hydrogen) atoms. The number of carbonyl (C=O) groups excluding carboxylic acids is 2. The van der Waals surface area contributed by atoms with Gasteiger partial charge >= 0.3 is 0 Å². The molecule has 0 saturated heterocycles. The van der Waals surface area contributed by atoms with Crippen LogP contribution in [0, 0.1) is 23.4 Å². The summed E-state index contributed by atoms with van der Waals surface area (Å²) in [6.07, 6.45) is 0. The van der Waals surface area contributed by atoms with Crippen LogP contribution in [0.2, 0.25) is 5.02 Å². The van der Waals surface area contributed by atoms with Gasteiger partial charge in [0.05, 0.1) is 26.7 Å². The summed E-state index contributed by atoms with van der Waals surface area (Å²) in [5.41, 5.74) is 4.89. The first-order valence-electron chi connectivity index (χ1n) is 9.89. The average molecular weight is 608 g/mol. The third-order valence-corrected chi connectivity index (χ3v) is 7.37. The standard InChI is InChI=1S/C23H14BrCl3F3N3O2/c24-12-7-9(1-4-14(12)28)17-18(23(17,26)27)22(35)32-10-2-3-13(25)11(8-10)21(34)33-16-6-5-15(29)20(31)19(16)30/h1-8,17-18H,31H2,(H,32,35)(H,33,34)/t17-,18+/m1/s1. The Morgan fingerprint density at radius 3 is 2.34 bits per heavy atom. The van der Waals surface area contributed by atoms with Crippen LogP contribution in [0.25, 0.3) is 0 Å². The highest BCUT2D eigenvalue weighted by atomic mass is 79.9. The van der Waals surface area contributed by atoms with E-state index in [1.54, 1.807) is 0 Å². The summed E-state index contributed by atoms with van der Waals surface area (Å²) in [6.45, 7) is 0. The number of hydrogen-bond donors (Lipinski definition) is 3. The molecule has 182 valence electrons. The number of nitrogens with one attached hydrogen (secondary N) is 2. The molecule has 1 fully saturated rings. The third-order valence-electron chi connectivity index (χ3n) is 5.49. The summed E-state index contributed by atoms with van der Waals surface area (Å²) in [4.78, 5) is 25.6. The SMILES string of the molecule is Nc1c(F)ccc(NC(=O)c2cc(NC(=O)[C@@H]3[C@@H](c4ccc(F)c(Br)c4)C3(Cl)Cl)ccc2Cl)c1F. The van der Waals surface area contributed by atoms with Crippen molar-refractivity contribution < 1.29 is 22.8 Å². The fraction of sp³-hybridized carbons (Fsp3) is 0.130. The maximum atomic E-state index is 14.2. The molecule has 2 atom stereocenters. The number of nitrogens with two attached hydrogens (primary N) is 1. The van der Waals surface area contributed by atoms with E-state index in [0.29, 0.717) is 5.56 Å². The molecule has 12 heteroatoms. The third kappa shape index (κ3) is 4.95. The molecule has 3 aromatic carbocycles. The molecule has 3 aromatic rings. The summed E-state index contributed by atoms with van der Waals surface area (Å²) >= 11 is 21.9. The summed E-state index contributed by atoms with van der Waals surface area (Å²) in [5.74, 6) is -5.37. The molecule has 2 amide bonds. The van der Waals surface area contributed by atoms with E-state index < -0.39 is 51.1 Å². The molecule has 0 aromatic heterocycles. The molecule has 1 aliphatic carbocycles. The van der Waals surface area contributed by atoms with Gasteiger partial charge in [-0.15, -0.1) is 23.2 Å². The minimum Gasteiger partial charge on any atom is -0.394 e. The number of hydrogen-bond acceptors (Lipinski definition) is 3. The van der Waals surface area contributed by atoms with Crippen LogP contribution in [0.1, 0.15) is 21.8 Å². The van der Waals surface area contributed by atoms with Crippen LogP contribution < -0.4 is 16.4 Å². The molecule has 1 saturated carbocycles. The predicted molar refractivity (Wildman–Crippen MR) is 134 cm³/mol. The van der Waals surface area contributed by atoms with Crippen LogP contribution in [0.4, 0.5) is 30.2 Å². The maximum Gasteiger partial charge on any atom is 0.257 e. The zero-order chi connectivity index (χ0) is 25.7.